The van der Waals surface area contributed by atoms with Crippen LogP contribution >= 0.6 is 0 Å². The molecule has 6 heteroatoms. The number of urea groups is 1. The van der Waals surface area contributed by atoms with Gasteiger partial charge in [-0.15, -0.1) is 0 Å². The lowest BCUT2D eigenvalue weighted by Crippen LogP contribution is -2.49. The normalized spacial score (nSPS) is 19.8. The van der Waals surface area contributed by atoms with Crippen LogP contribution < -0.4 is 5.32 Å². The number of carboxylic acid groups (broad SMARTS) is 1. The summed E-state index contributed by atoms with van der Waals surface area (Å²) in [5, 5.41) is 11.5. The Morgan fingerprint density at radius 2 is 2.25 bits per heavy atom. The summed E-state index contributed by atoms with van der Waals surface area (Å²) in [6, 6.07) is -0.478. The van der Waals surface area contributed by atoms with Crippen LogP contribution in [0.1, 0.15) is 20.3 Å². The first kappa shape index (κ1) is 12.8. The van der Waals surface area contributed by atoms with E-state index >= 15 is 0 Å². The molecule has 0 radical (unpaired) electrons. The summed E-state index contributed by atoms with van der Waals surface area (Å²) in [5.41, 5.74) is 0. The lowest BCUT2D eigenvalue weighted by Gasteiger charge is -2.26. The highest BCUT2D eigenvalue weighted by Gasteiger charge is 2.24. The molecular formula is C10H18N2O4. The van der Waals surface area contributed by atoms with Crippen molar-refractivity contribution in [2.24, 2.45) is 0 Å². The van der Waals surface area contributed by atoms with Gasteiger partial charge in [-0.05, 0) is 20.3 Å². The lowest BCUT2D eigenvalue weighted by atomic mass is 10.2. The minimum Gasteiger partial charge on any atom is -0.480 e. The van der Waals surface area contributed by atoms with Gasteiger partial charge >= 0.3 is 12.0 Å². The second kappa shape index (κ2) is 5.69. The zero-order valence-corrected chi connectivity index (χ0v) is 9.60. The number of rotatable bonds is 4. The van der Waals surface area contributed by atoms with E-state index in [1.165, 1.54) is 4.90 Å². The van der Waals surface area contributed by atoms with Crippen LogP contribution in [0, 0.1) is 0 Å². The Morgan fingerprint density at radius 3 is 2.69 bits per heavy atom. The van der Waals surface area contributed by atoms with Gasteiger partial charge in [0, 0.05) is 12.6 Å². The molecule has 1 atom stereocenters. The van der Waals surface area contributed by atoms with Crippen LogP contribution in [0.15, 0.2) is 0 Å². The van der Waals surface area contributed by atoms with Crippen LogP contribution in [0.2, 0.25) is 0 Å². The van der Waals surface area contributed by atoms with Crippen LogP contribution in [0.5, 0.6) is 0 Å². The fraction of sp³-hybridized carbons (Fsp3) is 0.800. The molecule has 0 aromatic carbocycles. The number of carboxylic acids is 1. The highest BCUT2D eigenvalue weighted by molar-refractivity contribution is 5.80. The van der Waals surface area contributed by atoms with Gasteiger partial charge in [-0.2, -0.15) is 0 Å². The molecule has 1 heterocycles. The van der Waals surface area contributed by atoms with Crippen molar-refractivity contribution in [1.29, 1.82) is 0 Å². The van der Waals surface area contributed by atoms with Gasteiger partial charge in [-0.1, -0.05) is 0 Å². The van der Waals surface area contributed by atoms with Crippen molar-refractivity contribution in [1.82, 2.24) is 10.2 Å². The SMILES string of the molecule is CC(C)N(CC(=O)O)C(=O)NC1CCOC1. The molecule has 0 aromatic rings. The molecule has 16 heavy (non-hydrogen) atoms. The van der Waals surface area contributed by atoms with Gasteiger partial charge in [0.15, 0.2) is 0 Å². The molecule has 0 bridgehead atoms. The van der Waals surface area contributed by atoms with Crippen molar-refractivity contribution in [3.8, 4) is 0 Å². The molecule has 0 aliphatic carbocycles. The molecule has 0 saturated carbocycles. The number of ether oxygens (including phenoxy) is 1. The lowest BCUT2D eigenvalue weighted by molar-refractivity contribution is -0.138. The maximum atomic E-state index is 11.8. The van der Waals surface area contributed by atoms with Gasteiger partial charge in [0.1, 0.15) is 6.54 Å². The van der Waals surface area contributed by atoms with E-state index in [1.54, 1.807) is 13.8 Å². The van der Waals surface area contributed by atoms with Crippen LogP contribution in [-0.4, -0.2) is 53.8 Å². The molecule has 1 unspecified atom stereocenters. The molecule has 0 spiro atoms. The highest BCUT2D eigenvalue weighted by atomic mass is 16.5. The van der Waals surface area contributed by atoms with Crippen LogP contribution in [0.3, 0.4) is 0 Å². The minimum absolute atomic E-state index is 0.00236. The number of nitrogens with zero attached hydrogens (tertiary/aromatic N) is 1. The van der Waals surface area contributed by atoms with E-state index in [0.717, 1.165) is 6.42 Å². The third-order valence-corrected chi connectivity index (χ3v) is 2.45. The van der Waals surface area contributed by atoms with Gasteiger partial charge in [-0.3, -0.25) is 4.79 Å². The zero-order valence-electron chi connectivity index (χ0n) is 9.60. The number of aliphatic carboxylic acids is 1. The van der Waals surface area contributed by atoms with Crippen molar-refractivity contribution in [3.05, 3.63) is 0 Å². The van der Waals surface area contributed by atoms with Crippen molar-refractivity contribution in [2.75, 3.05) is 19.8 Å². The topological polar surface area (TPSA) is 78.9 Å². The number of carbonyl (C=O) groups is 2. The Bertz CT molecular complexity index is 262. The number of nitrogens with one attached hydrogen (secondary N) is 1. The fourth-order valence-electron chi connectivity index (χ4n) is 1.54. The molecule has 1 aliphatic rings. The van der Waals surface area contributed by atoms with Crippen molar-refractivity contribution >= 4 is 12.0 Å². The smallest absolute Gasteiger partial charge is 0.323 e. The first-order valence-electron chi connectivity index (χ1n) is 5.37. The molecule has 2 amide bonds. The molecule has 0 aromatic heterocycles. The van der Waals surface area contributed by atoms with E-state index in [9.17, 15) is 9.59 Å². The maximum Gasteiger partial charge on any atom is 0.323 e. The summed E-state index contributed by atoms with van der Waals surface area (Å²) < 4.78 is 5.13. The summed E-state index contributed by atoms with van der Waals surface area (Å²) in [6.07, 6.45) is 0.782. The highest BCUT2D eigenvalue weighted by Crippen LogP contribution is 2.05. The first-order chi connectivity index (χ1) is 7.50. The van der Waals surface area contributed by atoms with E-state index in [-0.39, 0.29) is 24.7 Å². The van der Waals surface area contributed by atoms with Gasteiger partial charge in [0.25, 0.3) is 0 Å². The predicted molar refractivity (Wildman–Crippen MR) is 57.2 cm³/mol. The Labute approximate surface area is 94.6 Å². The minimum atomic E-state index is -1.01. The Morgan fingerprint density at radius 1 is 1.56 bits per heavy atom. The van der Waals surface area contributed by atoms with E-state index in [1.807, 2.05) is 0 Å². The van der Waals surface area contributed by atoms with E-state index < -0.39 is 5.97 Å². The molecule has 1 fully saturated rings. The molecule has 92 valence electrons. The average Bonchev–Trinajstić information content (AvgIpc) is 2.65. The quantitative estimate of drug-likeness (QED) is 0.727. The summed E-state index contributed by atoms with van der Waals surface area (Å²) in [6.45, 7) is 4.44. The van der Waals surface area contributed by atoms with Gasteiger partial charge < -0.3 is 20.1 Å². The monoisotopic (exact) mass is 230 g/mol. The van der Waals surface area contributed by atoms with Crippen LogP contribution in [0.25, 0.3) is 0 Å². The number of amides is 2. The summed E-state index contributed by atoms with van der Waals surface area (Å²) in [5.74, 6) is -1.01. The second-order valence-corrected chi connectivity index (χ2v) is 4.13. The summed E-state index contributed by atoms with van der Waals surface area (Å²) in [4.78, 5) is 23.7. The fourth-order valence-corrected chi connectivity index (χ4v) is 1.54. The Hall–Kier alpha value is -1.30. The molecule has 1 aliphatic heterocycles. The second-order valence-electron chi connectivity index (χ2n) is 4.13. The predicted octanol–water partition coefficient (Wildman–Crippen LogP) is 0.280. The average molecular weight is 230 g/mol. The van der Waals surface area contributed by atoms with Crippen molar-refractivity contribution in [3.63, 3.8) is 0 Å². The first-order valence-corrected chi connectivity index (χ1v) is 5.37. The molecular weight excluding hydrogens is 212 g/mol. The van der Waals surface area contributed by atoms with E-state index in [4.69, 9.17) is 9.84 Å². The number of hydrogen-bond donors (Lipinski definition) is 2. The Kier molecular flexibility index (Phi) is 4.54. The van der Waals surface area contributed by atoms with Crippen LogP contribution in [0.4, 0.5) is 4.79 Å². The third kappa shape index (κ3) is 3.69. The zero-order chi connectivity index (χ0) is 12.1. The summed E-state index contributed by atoms with van der Waals surface area (Å²) >= 11 is 0. The standard InChI is InChI=1S/C10H18N2O4/c1-7(2)12(5-9(13)14)10(15)11-8-3-4-16-6-8/h7-8H,3-6H2,1-2H3,(H,11,15)(H,13,14). The van der Waals surface area contributed by atoms with Gasteiger partial charge in [0.05, 0.1) is 12.6 Å². The molecule has 1 rings (SSSR count). The molecule has 6 nitrogen and oxygen atoms in total. The van der Waals surface area contributed by atoms with E-state index in [2.05, 4.69) is 5.32 Å². The van der Waals surface area contributed by atoms with Gasteiger partial charge in [-0.25, -0.2) is 4.79 Å². The van der Waals surface area contributed by atoms with E-state index in [0.29, 0.717) is 13.2 Å². The van der Waals surface area contributed by atoms with Crippen LogP contribution in [-0.2, 0) is 9.53 Å². The number of hydrogen-bond acceptors (Lipinski definition) is 3. The van der Waals surface area contributed by atoms with Crippen molar-refractivity contribution in [2.45, 2.75) is 32.4 Å². The maximum absolute atomic E-state index is 11.8. The molecule has 1 saturated heterocycles. The van der Waals surface area contributed by atoms with Gasteiger partial charge in [0.2, 0.25) is 0 Å². The Balaban J connectivity index is 2.49. The number of carbonyl (C=O) groups excluding carboxylic acids is 1. The largest absolute Gasteiger partial charge is 0.480 e. The summed E-state index contributed by atoms with van der Waals surface area (Å²) in [7, 11) is 0. The molecule has 2 N–H and O–H groups in total. The van der Waals surface area contributed by atoms with Crippen molar-refractivity contribution < 1.29 is 19.4 Å². The third-order valence-electron chi connectivity index (χ3n) is 2.45.